The van der Waals surface area contributed by atoms with E-state index in [0.29, 0.717) is 196 Å². The first-order chi connectivity index (χ1) is 50.4. The number of aryl methyl sites for hydroxylation is 1. The molecule has 0 aromatic heterocycles. The van der Waals surface area contributed by atoms with Gasteiger partial charge in [0.2, 0.25) is 11.8 Å². The maximum atomic E-state index is 14.2. The summed E-state index contributed by atoms with van der Waals surface area (Å²) in [5.74, 6) is -1.64. The number of benzene rings is 3. The van der Waals surface area contributed by atoms with Crippen molar-refractivity contribution in [2.75, 3.05) is 157 Å². The molecule has 0 saturated carbocycles. The topological polar surface area (TPSA) is 334 Å². The summed E-state index contributed by atoms with van der Waals surface area (Å²) in [6, 6.07) is 12.2. The Balaban J connectivity index is 0.633. The number of amides is 7. The van der Waals surface area contributed by atoms with Crippen molar-refractivity contribution in [1.82, 2.24) is 25.3 Å². The Morgan fingerprint density at radius 2 is 1.17 bits per heavy atom. The second-order valence-electron chi connectivity index (χ2n) is 26.1. The first kappa shape index (κ1) is 81.4. The minimum atomic E-state index is -1.40. The number of methoxy groups -OCH3 is 1. The van der Waals surface area contributed by atoms with Gasteiger partial charge in [-0.1, -0.05) is 38.1 Å². The molecule has 570 valence electrons. The number of carbonyl (C=O) groups is 9. The van der Waals surface area contributed by atoms with Gasteiger partial charge < -0.3 is 82.4 Å². The fourth-order valence-corrected chi connectivity index (χ4v) is 12.3. The Hall–Kier alpha value is -8.26. The Bertz CT molecular complexity index is 3390. The van der Waals surface area contributed by atoms with Crippen LogP contribution < -0.4 is 29.7 Å². The predicted molar refractivity (Wildman–Crippen MR) is 379 cm³/mol. The fourth-order valence-electron chi connectivity index (χ4n) is 12.3. The molecule has 3 aromatic rings. The number of nitrogens with zero attached hydrogens (tertiary/aromatic N) is 5. The summed E-state index contributed by atoms with van der Waals surface area (Å²) in [5, 5.41) is 17.4. The van der Waals surface area contributed by atoms with Crippen LogP contribution in [0.3, 0.4) is 0 Å². The number of aliphatic hydroxyl groups excluding tert-OH is 1. The van der Waals surface area contributed by atoms with Crippen molar-refractivity contribution in [2.24, 2.45) is 16.8 Å². The second kappa shape index (κ2) is 43.2. The van der Waals surface area contributed by atoms with Crippen LogP contribution in [0, 0.1) is 18.8 Å². The van der Waals surface area contributed by atoms with E-state index >= 15 is 0 Å². The molecule has 0 radical (unpaired) electrons. The molecule has 0 spiro atoms. The zero-order valence-electron chi connectivity index (χ0n) is 60.6. The number of imide groups is 1. The van der Waals surface area contributed by atoms with Gasteiger partial charge in [0.05, 0.1) is 167 Å². The third kappa shape index (κ3) is 25.0. The van der Waals surface area contributed by atoms with Gasteiger partial charge in [0.15, 0.2) is 23.5 Å². The standard InChI is InChI=1S/C75H103N7O22/c1-51(2)58(45-57(83)20-27-94-29-31-96-33-35-98-37-39-100-41-42-101-40-38-99-36-34-97-32-30-95-28-21-76-68(85)19-24-81-69(86)17-18-70(81)87)71(88)78-53(4)64(84)44-54-13-15-55(16-14-54)50-104-75(92)82-63-48-65(52(3)43-60(63)73(90)80-23-10-12-62(80)74(82)91)102-25-7-6-8-26-103-67-47-61-59(46-66(67)93-5)72(89)79-22-9-11-56(79)49-77-61/h13-18,43,46-49,51,53,56,58,62,74,91H,6-12,19-42,44-45,50H2,1-5H3,(H,76,85)(H,78,88)/t53-,56-,58-,62-,74-/m0/s1. The van der Waals surface area contributed by atoms with E-state index in [4.69, 9.17) is 56.8 Å². The van der Waals surface area contributed by atoms with E-state index in [1.54, 1.807) is 67.5 Å². The molecule has 3 N–H and O–H groups in total. The van der Waals surface area contributed by atoms with E-state index in [-0.39, 0.29) is 110 Å². The lowest BCUT2D eigenvalue weighted by atomic mass is 9.88. The van der Waals surface area contributed by atoms with E-state index in [9.17, 15) is 48.3 Å². The number of carbonyl (C=O) groups excluding carboxylic acids is 9. The van der Waals surface area contributed by atoms with Crippen LogP contribution >= 0.6 is 0 Å². The number of hydrogen-bond donors (Lipinski definition) is 3. The second-order valence-corrected chi connectivity index (χ2v) is 26.1. The summed E-state index contributed by atoms with van der Waals surface area (Å²) in [6.45, 7) is 14.9. The number of Topliss-reactive ketones (excluding diaryl/α,β-unsaturated/α-hetero) is 2. The average Bonchev–Trinajstić information content (AvgIpc) is 1.57. The quantitative estimate of drug-likeness (QED) is 0.0442. The molecule has 0 bridgehead atoms. The van der Waals surface area contributed by atoms with Gasteiger partial charge in [-0.2, -0.15) is 0 Å². The molecule has 0 aliphatic carbocycles. The molecule has 2 fully saturated rings. The van der Waals surface area contributed by atoms with Crippen molar-refractivity contribution in [3.05, 3.63) is 88.5 Å². The largest absolute Gasteiger partial charge is 0.493 e. The Kier molecular flexibility index (Phi) is 33.9. The van der Waals surface area contributed by atoms with E-state index in [0.717, 1.165) is 29.1 Å². The summed E-state index contributed by atoms with van der Waals surface area (Å²) < 4.78 is 68.0. The van der Waals surface area contributed by atoms with Gasteiger partial charge >= 0.3 is 6.09 Å². The number of aliphatic hydroxyl groups is 1. The lowest BCUT2D eigenvalue weighted by molar-refractivity contribution is -0.137. The maximum Gasteiger partial charge on any atom is 0.416 e. The van der Waals surface area contributed by atoms with Gasteiger partial charge in [0.25, 0.3) is 23.6 Å². The number of hydrogen-bond acceptors (Lipinski definition) is 23. The van der Waals surface area contributed by atoms with E-state index < -0.39 is 42.1 Å². The Morgan fingerprint density at radius 3 is 1.78 bits per heavy atom. The monoisotopic (exact) mass is 1450 g/mol. The van der Waals surface area contributed by atoms with Gasteiger partial charge in [-0.3, -0.25) is 48.2 Å². The van der Waals surface area contributed by atoms with E-state index in [1.165, 1.54) is 12.2 Å². The molecule has 8 rings (SSSR count). The lowest BCUT2D eigenvalue weighted by Gasteiger charge is -2.31. The smallest absolute Gasteiger partial charge is 0.416 e. The molecule has 29 nitrogen and oxygen atoms in total. The van der Waals surface area contributed by atoms with Crippen LogP contribution in [0.15, 0.2) is 65.7 Å². The minimum Gasteiger partial charge on any atom is -0.493 e. The van der Waals surface area contributed by atoms with Crippen molar-refractivity contribution < 1.29 is 105 Å². The SMILES string of the molecule is COc1cc2c(cc1OCCCCCOc1cc3c(cc1C)C(=O)N1CCC[C@H]1[C@H](O)N3C(=O)OCc1ccc(CC(=O)[C@H](C)NC(=O)[C@@H](CC(=O)CCOCCOCCOCCOCCOCCOCCOCCOCCNC(=O)CCN3C(=O)C=CC3=O)C(C)C)cc1)N=C[C@@H]1CCCN1C2=O. The zero-order chi connectivity index (χ0) is 74.2. The van der Waals surface area contributed by atoms with Gasteiger partial charge in [0, 0.05) is 88.3 Å². The Labute approximate surface area is 607 Å². The molecule has 7 amide bonds. The molecule has 104 heavy (non-hydrogen) atoms. The van der Waals surface area contributed by atoms with Gasteiger partial charge in [0.1, 0.15) is 18.1 Å². The molecular formula is C75H103N7O22. The Morgan fingerprint density at radius 1 is 0.615 bits per heavy atom. The van der Waals surface area contributed by atoms with Gasteiger partial charge in [-0.15, -0.1) is 0 Å². The minimum absolute atomic E-state index is 0.00497. The third-order valence-electron chi connectivity index (χ3n) is 18.3. The van der Waals surface area contributed by atoms with Gasteiger partial charge in [-0.25, -0.2) is 9.69 Å². The summed E-state index contributed by atoms with van der Waals surface area (Å²) in [6.07, 6.45) is 7.19. The maximum absolute atomic E-state index is 14.2. The van der Waals surface area contributed by atoms with Crippen LogP contribution in [0.2, 0.25) is 0 Å². The van der Waals surface area contributed by atoms with Crippen molar-refractivity contribution in [2.45, 2.75) is 129 Å². The zero-order valence-corrected chi connectivity index (χ0v) is 60.6. The first-order valence-electron chi connectivity index (χ1n) is 36.2. The van der Waals surface area contributed by atoms with Crippen LogP contribution in [0.25, 0.3) is 0 Å². The van der Waals surface area contributed by atoms with Crippen molar-refractivity contribution >= 4 is 70.7 Å². The van der Waals surface area contributed by atoms with Crippen LogP contribution in [0.4, 0.5) is 16.2 Å². The molecule has 5 aliphatic rings. The van der Waals surface area contributed by atoms with Crippen LogP contribution in [-0.2, 0) is 84.4 Å². The number of fused-ring (bicyclic) bond motifs is 4. The number of anilines is 1. The normalized spacial score (nSPS) is 17.4. The summed E-state index contributed by atoms with van der Waals surface area (Å²) in [7, 11) is 1.54. The highest BCUT2D eigenvalue weighted by molar-refractivity contribution is 6.13. The van der Waals surface area contributed by atoms with Crippen molar-refractivity contribution in [1.29, 1.82) is 0 Å². The van der Waals surface area contributed by atoms with Crippen LogP contribution in [-0.4, -0.2) is 256 Å². The molecule has 5 atom stereocenters. The van der Waals surface area contributed by atoms with Gasteiger partial charge in [-0.05, 0) is 93.5 Å². The number of ether oxygens (including phenoxy) is 12. The number of nitrogens with one attached hydrogen (secondary N) is 2. The molecule has 29 heteroatoms. The molecular weight excluding hydrogens is 1350 g/mol. The highest BCUT2D eigenvalue weighted by Gasteiger charge is 2.45. The predicted octanol–water partition coefficient (Wildman–Crippen LogP) is 5.83. The molecule has 5 aliphatic heterocycles. The number of ketones is 2. The van der Waals surface area contributed by atoms with Crippen molar-refractivity contribution in [3.63, 3.8) is 0 Å². The van der Waals surface area contributed by atoms with Crippen LogP contribution in [0.5, 0.6) is 17.2 Å². The molecule has 2 saturated heterocycles. The first-order valence-corrected chi connectivity index (χ1v) is 36.2. The number of aliphatic imine (C=N–C) groups is 1. The van der Waals surface area contributed by atoms with E-state index in [1.807, 2.05) is 31.9 Å². The molecule has 0 unspecified atom stereocenters. The molecule has 3 aromatic carbocycles. The molecule has 5 heterocycles. The van der Waals surface area contributed by atoms with E-state index in [2.05, 4.69) is 15.6 Å². The summed E-state index contributed by atoms with van der Waals surface area (Å²) >= 11 is 0. The highest BCUT2D eigenvalue weighted by atomic mass is 16.6. The van der Waals surface area contributed by atoms with Crippen LogP contribution in [0.1, 0.15) is 122 Å². The van der Waals surface area contributed by atoms with Crippen molar-refractivity contribution in [3.8, 4) is 17.2 Å². The highest BCUT2D eigenvalue weighted by Crippen LogP contribution is 2.40. The number of rotatable bonds is 49. The summed E-state index contributed by atoms with van der Waals surface area (Å²) in [4.78, 5) is 127. The average molecular weight is 1450 g/mol. The summed E-state index contributed by atoms with van der Waals surface area (Å²) in [5.41, 5.74) is 3.43. The third-order valence-corrected chi connectivity index (χ3v) is 18.3. The lowest BCUT2D eigenvalue weighted by Crippen LogP contribution is -2.50. The fraction of sp³-hybridized carbons (Fsp3) is 0.600. The number of unbranched alkanes of at least 4 members (excludes halogenated alkanes) is 2.